The summed E-state index contributed by atoms with van der Waals surface area (Å²) in [7, 11) is 0. The minimum atomic E-state index is 0.582. The van der Waals surface area contributed by atoms with Crippen molar-refractivity contribution in [3.05, 3.63) is 175 Å². The van der Waals surface area contributed by atoms with Crippen LogP contribution in [-0.2, 0) is 0 Å². The summed E-state index contributed by atoms with van der Waals surface area (Å²) in [5.74, 6) is 1.80. The molecular weight excluding hydrogens is 611 g/mol. The molecule has 0 saturated carbocycles. The van der Waals surface area contributed by atoms with Crippen LogP contribution in [0.25, 0.3) is 89.5 Å². The van der Waals surface area contributed by atoms with Crippen molar-refractivity contribution in [3.63, 3.8) is 0 Å². The Labute approximate surface area is 290 Å². The molecule has 7 aromatic carbocycles. The molecule has 0 atom stereocenters. The molecule has 0 amide bonds. The molecule has 2 aromatic heterocycles. The Balaban J connectivity index is 1.29. The van der Waals surface area contributed by atoms with E-state index in [1.807, 2.05) is 48.5 Å². The Bertz CT molecular complexity index is 2630. The predicted molar refractivity (Wildman–Crippen MR) is 204 cm³/mol. The first kappa shape index (κ1) is 29.5. The summed E-state index contributed by atoms with van der Waals surface area (Å²) >= 11 is 0. The van der Waals surface area contributed by atoms with Crippen molar-refractivity contribution < 1.29 is 4.42 Å². The molecule has 0 fully saturated rings. The second-order valence-corrected chi connectivity index (χ2v) is 12.5. The molecule has 0 spiro atoms. The van der Waals surface area contributed by atoms with E-state index in [4.69, 9.17) is 19.4 Å². The Morgan fingerprint density at radius 1 is 0.360 bits per heavy atom. The van der Waals surface area contributed by atoms with Gasteiger partial charge in [-0.1, -0.05) is 151 Å². The van der Waals surface area contributed by atoms with Crippen LogP contribution in [-0.4, -0.2) is 15.0 Å². The molecule has 0 aliphatic rings. The van der Waals surface area contributed by atoms with E-state index in [0.29, 0.717) is 17.5 Å². The van der Waals surface area contributed by atoms with Crippen LogP contribution in [0.3, 0.4) is 0 Å². The molecule has 0 unspecified atom stereocenters. The number of furan rings is 1. The molecule has 9 aromatic rings. The number of hydrogen-bond acceptors (Lipinski definition) is 4. The Kier molecular flexibility index (Phi) is 7.33. The van der Waals surface area contributed by atoms with E-state index in [-0.39, 0.29) is 0 Å². The van der Waals surface area contributed by atoms with Crippen molar-refractivity contribution in [2.45, 2.75) is 6.92 Å². The van der Waals surface area contributed by atoms with Gasteiger partial charge in [0, 0.05) is 27.5 Å². The average Bonchev–Trinajstić information content (AvgIpc) is 3.56. The molecule has 0 aliphatic heterocycles. The second-order valence-electron chi connectivity index (χ2n) is 12.5. The minimum Gasteiger partial charge on any atom is -0.456 e. The second kappa shape index (κ2) is 12.4. The van der Waals surface area contributed by atoms with E-state index in [0.717, 1.165) is 72.0 Å². The highest BCUT2D eigenvalue weighted by atomic mass is 16.3. The molecule has 0 N–H and O–H groups in total. The van der Waals surface area contributed by atoms with Gasteiger partial charge >= 0.3 is 0 Å². The summed E-state index contributed by atoms with van der Waals surface area (Å²) in [5, 5.41) is 2.14. The van der Waals surface area contributed by atoms with Gasteiger partial charge in [-0.25, -0.2) is 15.0 Å². The number of aromatic nitrogens is 3. The maximum atomic E-state index is 6.60. The zero-order valence-electron chi connectivity index (χ0n) is 27.4. The smallest absolute Gasteiger partial charge is 0.164 e. The number of fused-ring (bicyclic) bond motifs is 3. The molecule has 9 rings (SSSR count). The third-order valence-corrected chi connectivity index (χ3v) is 9.22. The third kappa shape index (κ3) is 5.43. The van der Waals surface area contributed by atoms with E-state index in [1.165, 1.54) is 5.56 Å². The number of rotatable bonds is 6. The van der Waals surface area contributed by atoms with Crippen LogP contribution in [0.15, 0.2) is 174 Å². The fourth-order valence-corrected chi connectivity index (χ4v) is 6.70. The molecule has 4 heteroatoms. The largest absolute Gasteiger partial charge is 0.456 e. The van der Waals surface area contributed by atoms with Gasteiger partial charge in [-0.15, -0.1) is 0 Å². The number of benzene rings is 7. The molecule has 236 valence electrons. The highest BCUT2D eigenvalue weighted by molar-refractivity contribution is 6.14. The van der Waals surface area contributed by atoms with Crippen LogP contribution in [0.1, 0.15) is 5.56 Å². The Morgan fingerprint density at radius 3 is 1.62 bits per heavy atom. The van der Waals surface area contributed by atoms with Crippen molar-refractivity contribution in [3.8, 4) is 67.5 Å². The molecule has 4 nitrogen and oxygen atoms in total. The summed E-state index contributed by atoms with van der Waals surface area (Å²) < 4.78 is 6.60. The van der Waals surface area contributed by atoms with E-state index in [9.17, 15) is 0 Å². The summed E-state index contributed by atoms with van der Waals surface area (Å²) in [6.45, 7) is 2.10. The Hall–Kier alpha value is -6.65. The van der Waals surface area contributed by atoms with Crippen LogP contribution in [0.4, 0.5) is 0 Å². The lowest BCUT2D eigenvalue weighted by atomic mass is 9.94. The molecule has 50 heavy (non-hydrogen) atoms. The molecule has 0 aliphatic carbocycles. The normalized spacial score (nSPS) is 11.3. The van der Waals surface area contributed by atoms with Crippen molar-refractivity contribution in [1.29, 1.82) is 0 Å². The summed E-state index contributed by atoms with van der Waals surface area (Å²) in [6, 6.07) is 58.6. The quantitative estimate of drug-likeness (QED) is 0.181. The van der Waals surface area contributed by atoms with Crippen molar-refractivity contribution in [2.75, 3.05) is 0 Å². The van der Waals surface area contributed by atoms with Crippen LogP contribution < -0.4 is 0 Å². The van der Waals surface area contributed by atoms with Gasteiger partial charge in [-0.05, 0) is 64.6 Å². The fraction of sp³-hybridized carbons (Fsp3) is 0.0217. The first-order valence-electron chi connectivity index (χ1n) is 16.8. The highest BCUT2D eigenvalue weighted by Crippen LogP contribution is 2.42. The Morgan fingerprint density at radius 2 is 0.920 bits per heavy atom. The number of hydrogen-bond donors (Lipinski definition) is 0. The SMILES string of the molecule is Cc1ccc(-c2cccc(-c3nc(-c4ccccc4)nc(-c4cc5oc6cccc(-c7ccccc7)c6c5cc4-c4ccccc4)n3)c2)cc1. The molecule has 0 bridgehead atoms. The van der Waals surface area contributed by atoms with Crippen LogP contribution in [0, 0.1) is 6.92 Å². The maximum absolute atomic E-state index is 6.60. The van der Waals surface area contributed by atoms with Crippen LogP contribution in [0.2, 0.25) is 0 Å². The van der Waals surface area contributed by atoms with Gasteiger partial charge in [0.05, 0.1) is 0 Å². The zero-order valence-corrected chi connectivity index (χ0v) is 27.4. The lowest BCUT2D eigenvalue weighted by molar-refractivity contribution is 0.669. The van der Waals surface area contributed by atoms with E-state index in [1.54, 1.807) is 0 Å². The van der Waals surface area contributed by atoms with E-state index < -0.39 is 0 Å². The molecule has 2 heterocycles. The first-order valence-corrected chi connectivity index (χ1v) is 16.8. The monoisotopic (exact) mass is 641 g/mol. The molecular formula is C46H31N3O. The van der Waals surface area contributed by atoms with Gasteiger partial charge in [0.15, 0.2) is 17.5 Å². The van der Waals surface area contributed by atoms with Gasteiger partial charge in [-0.3, -0.25) is 0 Å². The number of aryl methyl sites for hydroxylation is 1. The van der Waals surface area contributed by atoms with Gasteiger partial charge in [0.25, 0.3) is 0 Å². The topological polar surface area (TPSA) is 51.8 Å². The van der Waals surface area contributed by atoms with Gasteiger partial charge in [0.1, 0.15) is 11.2 Å². The van der Waals surface area contributed by atoms with E-state index in [2.05, 4.69) is 128 Å². The fourth-order valence-electron chi connectivity index (χ4n) is 6.70. The van der Waals surface area contributed by atoms with Gasteiger partial charge < -0.3 is 4.42 Å². The predicted octanol–water partition coefficient (Wildman–Crippen LogP) is 12.1. The van der Waals surface area contributed by atoms with Crippen molar-refractivity contribution >= 4 is 21.9 Å². The third-order valence-electron chi connectivity index (χ3n) is 9.22. The summed E-state index contributed by atoms with van der Waals surface area (Å²) in [6.07, 6.45) is 0. The first-order chi connectivity index (χ1) is 24.7. The van der Waals surface area contributed by atoms with Gasteiger partial charge in [-0.2, -0.15) is 0 Å². The lowest BCUT2D eigenvalue weighted by Crippen LogP contribution is -2.01. The zero-order chi connectivity index (χ0) is 33.4. The van der Waals surface area contributed by atoms with Crippen LogP contribution in [0.5, 0.6) is 0 Å². The van der Waals surface area contributed by atoms with Gasteiger partial charge in [0.2, 0.25) is 0 Å². The standard InChI is InChI=1S/C46H31N3O/c1-30-23-25-31(26-24-30)35-19-11-20-36(27-35)45-47-44(34-17-9-4-10-18-34)48-46(49-45)39-29-42-40(28-38(39)33-15-7-3-8-16-33)43-37(21-12-22-41(43)50-42)32-13-5-2-6-14-32/h2-29H,1H3. The maximum Gasteiger partial charge on any atom is 0.164 e. The van der Waals surface area contributed by atoms with Crippen LogP contribution >= 0.6 is 0 Å². The highest BCUT2D eigenvalue weighted by Gasteiger charge is 2.20. The average molecular weight is 642 g/mol. The number of nitrogens with zero attached hydrogens (tertiary/aromatic N) is 3. The molecule has 0 radical (unpaired) electrons. The van der Waals surface area contributed by atoms with Crippen molar-refractivity contribution in [1.82, 2.24) is 15.0 Å². The summed E-state index contributed by atoms with van der Waals surface area (Å²) in [5.41, 5.74) is 12.2. The summed E-state index contributed by atoms with van der Waals surface area (Å²) in [4.78, 5) is 15.4. The lowest BCUT2D eigenvalue weighted by Gasteiger charge is -2.13. The molecule has 0 saturated heterocycles. The van der Waals surface area contributed by atoms with E-state index >= 15 is 0 Å². The van der Waals surface area contributed by atoms with Crippen molar-refractivity contribution in [2.24, 2.45) is 0 Å². The minimum absolute atomic E-state index is 0.582.